The van der Waals surface area contributed by atoms with Gasteiger partial charge in [0.15, 0.2) is 0 Å². The molecule has 1 aromatic heterocycles. The van der Waals surface area contributed by atoms with E-state index >= 15 is 0 Å². The maximum Gasteiger partial charge on any atom is 0.147 e. The molecule has 7 heteroatoms. The molecule has 114 valence electrons. The number of sulfone groups is 1. The third-order valence-corrected chi connectivity index (χ3v) is 3.86. The monoisotopic (exact) mass is 300 g/mol. The molecule has 1 aromatic rings. The molecular weight excluding hydrogens is 276 g/mol. The van der Waals surface area contributed by atoms with E-state index in [4.69, 9.17) is 0 Å². The number of nitrogens with zero attached hydrogens (tertiary/aromatic N) is 2. The van der Waals surface area contributed by atoms with Gasteiger partial charge in [-0.15, -0.1) is 0 Å². The van der Waals surface area contributed by atoms with Crippen molar-refractivity contribution in [3.8, 4) is 0 Å². The van der Waals surface area contributed by atoms with E-state index in [1.165, 1.54) is 12.6 Å². The molecule has 0 atom stereocenters. The van der Waals surface area contributed by atoms with Crippen LogP contribution in [0.1, 0.15) is 32.3 Å². The van der Waals surface area contributed by atoms with Gasteiger partial charge in [0.1, 0.15) is 27.8 Å². The summed E-state index contributed by atoms with van der Waals surface area (Å²) in [7, 11) is -2.90. The van der Waals surface area contributed by atoms with Crippen molar-refractivity contribution >= 4 is 21.5 Å². The van der Waals surface area contributed by atoms with Crippen LogP contribution in [0.25, 0.3) is 0 Å². The molecule has 0 fully saturated rings. The van der Waals surface area contributed by atoms with Crippen LogP contribution in [0.5, 0.6) is 0 Å². The van der Waals surface area contributed by atoms with Crippen molar-refractivity contribution in [1.82, 2.24) is 9.97 Å². The van der Waals surface area contributed by atoms with Gasteiger partial charge in [0.25, 0.3) is 0 Å². The Kier molecular flexibility index (Phi) is 6.70. The molecule has 0 unspecified atom stereocenters. The SMILES string of the molecule is CCCNc1ncnc(NCCCS(C)(=O)=O)c1CC. The first-order chi connectivity index (χ1) is 9.48. The first-order valence-electron chi connectivity index (χ1n) is 6.97. The average Bonchev–Trinajstić information content (AvgIpc) is 2.40. The van der Waals surface area contributed by atoms with E-state index in [1.54, 1.807) is 0 Å². The van der Waals surface area contributed by atoms with Crippen molar-refractivity contribution in [3.05, 3.63) is 11.9 Å². The third-order valence-electron chi connectivity index (χ3n) is 2.83. The summed E-state index contributed by atoms with van der Waals surface area (Å²) in [6, 6.07) is 0. The second kappa shape index (κ2) is 8.04. The minimum Gasteiger partial charge on any atom is -0.370 e. The van der Waals surface area contributed by atoms with E-state index in [0.29, 0.717) is 13.0 Å². The zero-order valence-corrected chi connectivity index (χ0v) is 13.3. The third kappa shape index (κ3) is 5.73. The fourth-order valence-corrected chi connectivity index (χ4v) is 2.51. The minimum absolute atomic E-state index is 0.188. The van der Waals surface area contributed by atoms with Crippen molar-refractivity contribution in [2.24, 2.45) is 0 Å². The van der Waals surface area contributed by atoms with E-state index < -0.39 is 9.84 Å². The standard InChI is InChI=1S/C13H24N4O2S/c1-4-7-14-12-11(5-2)13(17-10-16-12)15-8-6-9-20(3,18)19/h10H,4-9H2,1-3H3,(H2,14,15,16,17). The van der Waals surface area contributed by atoms with E-state index in [0.717, 1.165) is 36.6 Å². The molecule has 0 aliphatic rings. The smallest absolute Gasteiger partial charge is 0.147 e. The number of rotatable bonds is 9. The summed E-state index contributed by atoms with van der Waals surface area (Å²) in [6.45, 7) is 5.61. The zero-order valence-electron chi connectivity index (χ0n) is 12.4. The van der Waals surface area contributed by atoms with E-state index in [9.17, 15) is 8.42 Å². The van der Waals surface area contributed by atoms with Crippen LogP contribution in [0.3, 0.4) is 0 Å². The highest BCUT2D eigenvalue weighted by Crippen LogP contribution is 2.20. The van der Waals surface area contributed by atoms with Crippen LogP contribution in [0.4, 0.5) is 11.6 Å². The maximum atomic E-state index is 11.1. The maximum absolute atomic E-state index is 11.1. The summed E-state index contributed by atoms with van der Waals surface area (Å²) in [6.07, 6.45) is 5.20. The fraction of sp³-hybridized carbons (Fsp3) is 0.692. The lowest BCUT2D eigenvalue weighted by atomic mass is 10.2. The lowest BCUT2D eigenvalue weighted by Gasteiger charge is -2.14. The molecule has 20 heavy (non-hydrogen) atoms. The van der Waals surface area contributed by atoms with Crippen LogP contribution in [0.15, 0.2) is 6.33 Å². The van der Waals surface area contributed by atoms with Gasteiger partial charge in [-0.25, -0.2) is 18.4 Å². The molecule has 0 aromatic carbocycles. The van der Waals surface area contributed by atoms with Crippen LogP contribution in [0, 0.1) is 0 Å². The second-order valence-corrected chi connectivity index (χ2v) is 7.00. The van der Waals surface area contributed by atoms with Gasteiger partial charge in [0.2, 0.25) is 0 Å². The molecule has 0 aliphatic heterocycles. The molecule has 1 rings (SSSR count). The lowest BCUT2D eigenvalue weighted by Crippen LogP contribution is -2.13. The quantitative estimate of drug-likeness (QED) is 0.675. The molecule has 0 saturated heterocycles. The Bertz CT molecular complexity index is 517. The predicted molar refractivity (Wildman–Crippen MR) is 83.0 cm³/mol. The number of hydrogen-bond donors (Lipinski definition) is 2. The van der Waals surface area contributed by atoms with Crippen LogP contribution >= 0.6 is 0 Å². The van der Waals surface area contributed by atoms with Gasteiger partial charge in [0, 0.05) is 24.9 Å². The molecule has 2 N–H and O–H groups in total. The van der Waals surface area contributed by atoms with Crippen molar-refractivity contribution < 1.29 is 8.42 Å². The lowest BCUT2D eigenvalue weighted by molar-refractivity contribution is 0.600. The molecule has 1 heterocycles. The summed E-state index contributed by atoms with van der Waals surface area (Å²) < 4.78 is 22.1. The molecule has 0 spiro atoms. The fourth-order valence-electron chi connectivity index (χ4n) is 1.84. The number of hydrogen-bond acceptors (Lipinski definition) is 6. The predicted octanol–water partition coefficient (Wildman–Crippen LogP) is 1.71. The van der Waals surface area contributed by atoms with Crippen molar-refractivity contribution in [2.75, 3.05) is 35.7 Å². The minimum atomic E-state index is -2.90. The number of anilines is 2. The Morgan fingerprint density at radius 3 is 2.20 bits per heavy atom. The van der Waals surface area contributed by atoms with Crippen molar-refractivity contribution in [2.45, 2.75) is 33.1 Å². The van der Waals surface area contributed by atoms with Gasteiger partial charge in [-0.2, -0.15) is 0 Å². The first-order valence-corrected chi connectivity index (χ1v) is 9.03. The summed E-state index contributed by atoms with van der Waals surface area (Å²) in [5.74, 6) is 1.83. The van der Waals surface area contributed by atoms with E-state index in [1.807, 2.05) is 0 Å². The molecule has 0 bridgehead atoms. The molecule has 0 saturated carbocycles. The largest absolute Gasteiger partial charge is 0.370 e. The Balaban J connectivity index is 2.64. The Morgan fingerprint density at radius 1 is 1.10 bits per heavy atom. The van der Waals surface area contributed by atoms with Gasteiger partial charge < -0.3 is 10.6 Å². The van der Waals surface area contributed by atoms with Gasteiger partial charge in [-0.3, -0.25) is 0 Å². The number of nitrogens with one attached hydrogen (secondary N) is 2. The molecule has 0 aliphatic carbocycles. The normalized spacial score (nSPS) is 11.3. The highest BCUT2D eigenvalue weighted by molar-refractivity contribution is 7.90. The molecule has 0 amide bonds. The van der Waals surface area contributed by atoms with E-state index in [2.05, 4.69) is 34.4 Å². The van der Waals surface area contributed by atoms with Gasteiger partial charge in [0.05, 0.1) is 5.75 Å². The highest BCUT2D eigenvalue weighted by Gasteiger charge is 2.09. The Labute approximate surface area is 121 Å². The van der Waals surface area contributed by atoms with E-state index in [-0.39, 0.29) is 5.75 Å². The van der Waals surface area contributed by atoms with Crippen LogP contribution < -0.4 is 10.6 Å². The Morgan fingerprint density at radius 2 is 1.70 bits per heavy atom. The number of aromatic nitrogens is 2. The molecule has 0 radical (unpaired) electrons. The summed E-state index contributed by atoms with van der Waals surface area (Å²) in [4.78, 5) is 8.50. The zero-order chi connectivity index (χ0) is 15.0. The van der Waals surface area contributed by atoms with Crippen LogP contribution in [0.2, 0.25) is 0 Å². The van der Waals surface area contributed by atoms with Crippen molar-refractivity contribution in [3.63, 3.8) is 0 Å². The summed E-state index contributed by atoms with van der Waals surface area (Å²) >= 11 is 0. The molecule has 6 nitrogen and oxygen atoms in total. The van der Waals surface area contributed by atoms with Crippen LogP contribution in [-0.4, -0.2) is 43.5 Å². The second-order valence-electron chi connectivity index (χ2n) is 4.74. The van der Waals surface area contributed by atoms with Gasteiger partial charge in [-0.05, 0) is 19.3 Å². The highest BCUT2D eigenvalue weighted by atomic mass is 32.2. The van der Waals surface area contributed by atoms with Gasteiger partial charge >= 0.3 is 0 Å². The summed E-state index contributed by atoms with van der Waals surface area (Å²) in [5, 5.41) is 6.48. The summed E-state index contributed by atoms with van der Waals surface area (Å²) in [5.41, 5.74) is 1.04. The molecular formula is C13H24N4O2S. The first kappa shape index (κ1) is 16.7. The van der Waals surface area contributed by atoms with Crippen LogP contribution in [-0.2, 0) is 16.3 Å². The van der Waals surface area contributed by atoms with Gasteiger partial charge in [-0.1, -0.05) is 13.8 Å². The topological polar surface area (TPSA) is 84.0 Å². The van der Waals surface area contributed by atoms with Crippen molar-refractivity contribution in [1.29, 1.82) is 0 Å². The Hall–Kier alpha value is -1.37. The average molecular weight is 300 g/mol.